The van der Waals surface area contributed by atoms with Gasteiger partial charge in [0, 0.05) is 24.3 Å². The fourth-order valence-corrected chi connectivity index (χ4v) is 2.79. The molecule has 0 unspecified atom stereocenters. The van der Waals surface area contributed by atoms with Crippen LogP contribution in [0.5, 0.6) is 0 Å². The van der Waals surface area contributed by atoms with Crippen LogP contribution in [0.1, 0.15) is 17.5 Å². The third-order valence-corrected chi connectivity index (χ3v) is 3.64. The van der Waals surface area contributed by atoms with Crippen LogP contribution < -0.4 is 10.2 Å². The van der Waals surface area contributed by atoms with Gasteiger partial charge in [0.25, 0.3) is 0 Å². The molecule has 1 aliphatic heterocycles. The molecule has 0 saturated heterocycles. The first-order valence-electron chi connectivity index (χ1n) is 6.94. The molecule has 0 atom stereocenters. The van der Waals surface area contributed by atoms with Crippen molar-refractivity contribution >= 4 is 11.5 Å². The molecule has 0 spiro atoms. The van der Waals surface area contributed by atoms with Crippen molar-refractivity contribution in [3.8, 4) is 0 Å². The first-order chi connectivity index (χ1) is 9.79. The number of aryl methyl sites for hydroxylation is 1. The van der Waals surface area contributed by atoms with Crippen LogP contribution in [0.15, 0.2) is 36.5 Å². The van der Waals surface area contributed by atoms with Crippen LogP contribution in [-0.4, -0.2) is 18.6 Å². The van der Waals surface area contributed by atoms with Gasteiger partial charge >= 0.3 is 0 Å². The van der Waals surface area contributed by atoms with Crippen LogP contribution in [0.4, 0.5) is 15.9 Å². The van der Waals surface area contributed by atoms with E-state index >= 15 is 0 Å². The molecule has 20 heavy (non-hydrogen) atoms. The number of nitrogens with one attached hydrogen (secondary N) is 1. The van der Waals surface area contributed by atoms with E-state index in [1.807, 2.05) is 13.1 Å². The van der Waals surface area contributed by atoms with Gasteiger partial charge in [0.2, 0.25) is 0 Å². The van der Waals surface area contributed by atoms with E-state index in [1.165, 1.54) is 17.4 Å². The zero-order chi connectivity index (χ0) is 13.9. The summed E-state index contributed by atoms with van der Waals surface area (Å²) < 4.78 is 13.4. The second-order valence-corrected chi connectivity index (χ2v) is 5.05. The van der Waals surface area contributed by atoms with E-state index in [4.69, 9.17) is 0 Å². The minimum atomic E-state index is -0.288. The van der Waals surface area contributed by atoms with Crippen LogP contribution in [-0.2, 0) is 13.0 Å². The molecule has 0 radical (unpaired) electrons. The molecule has 0 fully saturated rings. The second kappa shape index (κ2) is 5.59. The van der Waals surface area contributed by atoms with Crippen LogP contribution in [0.2, 0.25) is 0 Å². The molecule has 0 aliphatic carbocycles. The maximum atomic E-state index is 13.4. The van der Waals surface area contributed by atoms with E-state index in [-0.39, 0.29) is 5.82 Å². The molecule has 1 aromatic heterocycles. The maximum Gasteiger partial charge on any atom is 0.141 e. The molecule has 0 bridgehead atoms. The molecule has 1 N–H and O–H groups in total. The molecule has 3 nitrogen and oxygen atoms in total. The minimum absolute atomic E-state index is 0.288. The van der Waals surface area contributed by atoms with Crippen molar-refractivity contribution in [2.75, 3.05) is 18.5 Å². The summed E-state index contributed by atoms with van der Waals surface area (Å²) in [6, 6.07) is 9.94. The number of para-hydroxylation sites is 1. The zero-order valence-corrected chi connectivity index (χ0v) is 11.6. The Balaban J connectivity index is 2.06. The number of nitrogens with zero attached hydrogens (tertiary/aromatic N) is 2. The van der Waals surface area contributed by atoms with Crippen molar-refractivity contribution in [3.05, 3.63) is 53.5 Å². The largest absolute Gasteiger partial charge is 0.326 e. The quantitative estimate of drug-likeness (QED) is 0.930. The Hall–Kier alpha value is -1.94. The first-order valence-corrected chi connectivity index (χ1v) is 6.94. The third kappa shape index (κ3) is 2.39. The van der Waals surface area contributed by atoms with Crippen LogP contribution in [0, 0.1) is 5.82 Å². The summed E-state index contributed by atoms with van der Waals surface area (Å²) in [5.41, 5.74) is 3.42. The highest BCUT2D eigenvalue weighted by Gasteiger charge is 2.21. The van der Waals surface area contributed by atoms with Crippen LogP contribution in [0.3, 0.4) is 0 Å². The molecule has 1 aliphatic rings. The minimum Gasteiger partial charge on any atom is -0.326 e. The fraction of sp³-hybridized carbons (Fsp3) is 0.312. The number of anilines is 2. The lowest BCUT2D eigenvalue weighted by atomic mass is 10.0. The van der Waals surface area contributed by atoms with Crippen molar-refractivity contribution in [2.45, 2.75) is 19.4 Å². The highest BCUT2D eigenvalue weighted by Crippen LogP contribution is 2.33. The molecule has 104 valence electrons. The highest BCUT2D eigenvalue weighted by molar-refractivity contribution is 5.67. The standard InChI is InChI=1S/C16H18FN3/c1-18-10-13-9-14(17)11-19-16(13)20-8-4-6-12-5-2-3-7-15(12)20/h2-3,5,7,9,11,18H,4,6,8,10H2,1H3. The Labute approximate surface area is 118 Å². The third-order valence-electron chi connectivity index (χ3n) is 3.64. The lowest BCUT2D eigenvalue weighted by Gasteiger charge is -2.31. The number of rotatable bonds is 3. The van der Waals surface area contributed by atoms with Crippen LogP contribution in [0.25, 0.3) is 0 Å². The Morgan fingerprint density at radius 1 is 1.35 bits per heavy atom. The smallest absolute Gasteiger partial charge is 0.141 e. The van der Waals surface area contributed by atoms with Gasteiger partial charge in [-0.05, 0) is 37.6 Å². The van der Waals surface area contributed by atoms with Gasteiger partial charge in [-0.3, -0.25) is 0 Å². The van der Waals surface area contributed by atoms with Gasteiger partial charge in [-0.25, -0.2) is 9.37 Å². The molecule has 4 heteroatoms. The van der Waals surface area contributed by atoms with Gasteiger partial charge in [0.15, 0.2) is 0 Å². The SMILES string of the molecule is CNCc1cc(F)cnc1N1CCCc2ccccc21. The van der Waals surface area contributed by atoms with Crippen molar-refractivity contribution < 1.29 is 4.39 Å². The van der Waals surface area contributed by atoms with Crippen molar-refractivity contribution in [2.24, 2.45) is 0 Å². The molecular weight excluding hydrogens is 253 g/mol. The number of pyridine rings is 1. The van der Waals surface area contributed by atoms with Crippen LogP contribution >= 0.6 is 0 Å². The number of hydrogen-bond donors (Lipinski definition) is 1. The molecule has 1 aromatic carbocycles. The molecule has 2 heterocycles. The number of halogens is 1. The summed E-state index contributed by atoms with van der Waals surface area (Å²) in [7, 11) is 1.86. The predicted octanol–water partition coefficient (Wildman–Crippen LogP) is 3.02. The van der Waals surface area contributed by atoms with E-state index in [9.17, 15) is 4.39 Å². The summed E-state index contributed by atoms with van der Waals surface area (Å²) in [5, 5.41) is 3.08. The number of aromatic nitrogens is 1. The van der Waals surface area contributed by atoms with E-state index in [0.29, 0.717) is 6.54 Å². The van der Waals surface area contributed by atoms with Gasteiger partial charge in [-0.2, -0.15) is 0 Å². The first kappa shape index (κ1) is 13.1. The number of benzene rings is 1. The van der Waals surface area contributed by atoms with E-state index in [0.717, 1.165) is 30.8 Å². The molecule has 3 rings (SSSR count). The average Bonchev–Trinajstić information content (AvgIpc) is 2.47. The number of hydrogen-bond acceptors (Lipinski definition) is 3. The average molecular weight is 271 g/mol. The van der Waals surface area contributed by atoms with Gasteiger partial charge < -0.3 is 10.2 Å². The topological polar surface area (TPSA) is 28.2 Å². The molecular formula is C16H18FN3. The Bertz CT molecular complexity index is 612. The van der Waals surface area contributed by atoms with Gasteiger partial charge in [-0.15, -0.1) is 0 Å². The summed E-state index contributed by atoms with van der Waals surface area (Å²) in [6.07, 6.45) is 3.48. The zero-order valence-electron chi connectivity index (χ0n) is 11.6. The Morgan fingerprint density at radius 3 is 3.05 bits per heavy atom. The summed E-state index contributed by atoms with van der Waals surface area (Å²) in [4.78, 5) is 6.53. The van der Waals surface area contributed by atoms with Crippen molar-refractivity contribution in [1.82, 2.24) is 10.3 Å². The van der Waals surface area contributed by atoms with Gasteiger partial charge in [-0.1, -0.05) is 18.2 Å². The maximum absolute atomic E-state index is 13.4. The Morgan fingerprint density at radius 2 is 2.20 bits per heavy atom. The lowest BCUT2D eigenvalue weighted by Crippen LogP contribution is -2.27. The second-order valence-electron chi connectivity index (χ2n) is 5.05. The monoisotopic (exact) mass is 271 g/mol. The van der Waals surface area contributed by atoms with Gasteiger partial charge in [0.1, 0.15) is 11.6 Å². The van der Waals surface area contributed by atoms with Crippen molar-refractivity contribution in [1.29, 1.82) is 0 Å². The van der Waals surface area contributed by atoms with E-state index in [1.54, 1.807) is 6.07 Å². The normalized spacial score (nSPS) is 14.2. The summed E-state index contributed by atoms with van der Waals surface area (Å²) in [5.74, 6) is 0.567. The lowest BCUT2D eigenvalue weighted by molar-refractivity contribution is 0.615. The molecule has 2 aromatic rings. The summed E-state index contributed by atoms with van der Waals surface area (Å²) in [6.45, 7) is 1.53. The molecule has 0 saturated carbocycles. The molecule has 0 amide bonds. The highest BCUT2D eigenvalue weighted by atomic mass is 19.1. The predicted molar refractivity (Wildman–Crippen MR) is 78.7 cm³/mol. The van der Waals surface area contributed by atoms with E-state index < -0.39 is 0 Å². The van der Waals surface area contributed by atoms with Gasteiger partial charge in [0.05, 0.1) is 6.20 Å². The number of fused-ring (bicyclic) bond motifs is 1. The summed E-state index contributed by atoms with van der Waals surface area (Å²) >= 11 is 0. The van der Waals surface area contributed by atoms with E-state index in [2.05, 4.69) is 33.4 Å². The Kier molecular flexibility index (Phi) is 3.65. The van der Waals surface area contributed by atoms with Crippen molar-refractivity contribution in [3.63, 3.8) is 0 Å². The fourth-order valence-electron chi connectivity index (χ4n) is 2.79.